The third-order valence-electron chi connectivity index (χ3n) is 4.93. The van der Waals surface area contributed by atoms with Crippen molar-refractivity contribution >= 4 is 6.01 Å². The first kappa shape index (κ1) is 18.3. The molecule has 0 amide bonds. The topological polar surface area (TPSA) is 77.1 Å². The van der Waals surface area contributed by atoms with Crippen molar-refractivity contribution in [2.45, 2.75) is 19.3 Å². The molecular weight excluding hydrogens is 368 g/mol. The zero-order valence-corrected chi connectivity index (χ0v) is 15.3. The molecule has 3 aromatic rings. The van der Waals surface area contributed by atoms with Crippen molar-refractivity contribution in [1.82, 2.24) is 20.0 Å². The second-order valence-corrected chi connectivity index (χ2v) is 6.98. The molecule has 4 rings (SSSR count). The number of aromatic nitrogens is 4. The van der Waals surface area contributed by atoms with Crippen molar-refractivity contribution < 1.29 is 13.2 Å². The van der Waals surface area contributed by atoms with Crippen LogP contribution in [0.5, 0.6) is 0 Å². The Bertz CT molecular complexity index is 1020. The summed E-state index contributed by atoms with van der Waals surface area (Å²) in [7, 11) is 1.55. The van der Waals surface area contributed by atoms with Gasteiger partial charge in [0.2, 0.25) is 0 Å². The van der Waals surface area contributed by atoms with Gasteiger partial charge in [-0.05, 0) is 48.9 Å². The Labute approximate surface area is 159 Å². The van der Waals surface area contributed by atoms with E-state index in [2.05, 4.69) is 15.3 Å². The monoisotopic (exact) mass is 387 g/mol. The highest BCUT2D eigenvalue weighted by Gasteiger charge is 2.24. The van der Waals surface area contributed by atoms with Gasteiger partial charge in [0.25, 0.3) is 11.4 Å². The summed E-state index contributed by atoms with van der Waals surface area (Å²) in [5.41, 5.74) is 0.893. The molecule has 0 aliphatic carbocycles. The lowest BCUT2D eigenvalue weighted by Crippen LogP contribution is -2.34. The molecule has 0 saturated carbocycles. The van der Waals surface area contributed by atoms with E-state index >= 15 is 0 Å². The number of halogens is 2. The fourth-order valence-electron chi connectivity index (χ4n) is 3.45. The molecule has 0 N–H and O–H groups in total. The minimum atomic E-state index is -0.544. The van der Waals surface area contributed by atoms with Crippen molar-refractivity contribution in [2.24, 2.45) is 13.0 Å². The van der Waals surface area contributed by atoms with Gasteiger partial charge in [-0.15, -0.1) is 5.10 Å². The lowest BCUT2D eigenvalue weighted by molar-refractivity contribution is 0.385. The number of rotatable bonds is 4. The molecule has 28 heavy (non-hydrogen) atoms. The number of benzene rings is 1. The van der Waals surface area contributed by atoms with E-state index in [1.807, 2.05) is 4.90 Å². The van der Waals surface area contributed by atoms with Crippen LogP contribution in [0.3, 0.4) is 0 Å². The third-order valence-corrected chi connectivity index (χ3v) is 4.93. The second-order valence-electron chi connectivity index (χ2n) is 6.98. The van der Waals surface area contributed by atoms with Crippen LogP contribution in [-0.4, -0.2) is 33.1 Å². The van der Waals surface area contributed by atoms with E-state index in [1.165, 1.54) is 22.9 Å². The standard InChI is InChI=1S/C19H19F2N5O2/c1-25-17(27)3-2-16(24-25)18-22-23-19(28-18)26-6-4-12(5-7-26)8-13-9-14(20)11-15(21)10-13/h2-3,9-12H,4-8H2,1H3. The molecule has 7 nitrogen and oxygen atoms in total. The lowest BCUT2D eigenvalue weighted by Gasteiger charge is -2.30. The Balaban J connectivity index is 1.39. The number of piperidine rings is 1. The second kappa shape index (κ2) is 7.49. The minimum Gasteiger partial charge on any atom is -0.401 e. The highest BCUT2D eigenvalue weighted by molar-refractivity contribution is 5.46. The van der Waals surface area contributed by atoms with E-state index in [9.17, 15) is 13.6 Å². The largest absolute Gasteiger partial charge is 0.401 e. The molecular formula is C19H19F2N5O2. The van der Waals surface area contributed by atoms with Crippen LogP contribution in [0.4, 0.5) is 14.8 Å². The van der Waals surface area contributed by atoms with Crippen LogP contribution in [0.15, 0.2) is 39.5 Å². The Hall–Kier alpha value is -3.10. The van der Waals surface area contributed by atoms with Gasteiger partial charge in [-0.3, -0.25) is 4.79 Å². The van der Waals surface area contributed by atoms with Crippen molar-refractivity contribution in [2.75, 3.05) is 18.0 Å². The number of hydrogen-bond acceptors (Lipinski definition) is 6. The Morgan fingerprint density at radius 1 is 1.11 bits per heavy atom. The van der Waals surface area contributed by atoms with Crippen molar-refractivity contribution in [3.05, 3.63) is 57.9 Å². The van der Waals surface area contributed by atoms with E-state index in [-0.39, 0.29) is 11.4 Å². The molecule has 0 radical (unpaired) electrons. The molecule has 0 atom stereocenters. The van der Waals surface area contributed by atoms with E-state index < -0.39 is 11.6 Å². The summed E-state index contributed by atoms with van der Waals surface area (Å²) in [5, 5.41) is 12.2. The van der Waals surface area contributed by atoms with Gasteiger partial charge < -0.3 is 9.32 Å². The lowest BCUT2D eigenvalue weighted by atomic mass is 9.90. The quantitative estimate of drug-likeness (QED) is 0.685. The van der Waals surface area contributed by atoms with Crippen LogP contribution >= 0.6 is 0 Å². The van der Waals surface area contributed by atoms with Gasteiger partial charge in [0.1, 0.15) is 17.3 Å². The maximum absolute atomic E-state index is 13.4. The van der Waals surface area contributed by atoms with Gasteiger partial charge in [-0.2, -0.15) is 5.10 Å². The molecule has 0 unspecified atom stereocenters. The summed E-state index contributed by atoms with van der Waals surface area (Å²) in [6.45, 7) is 1.43. The number of aryl methyl sites for hydroxylation is 1. The maximum atomic E-state index is 13.4. The highest BCUT2D eigenvalue weighted by Crippen LogP contribution is 2.27. The van der Waals surface area contributed by atoms with E-state index in [4.69, 9.17) is 4.42 Å². The summed E-state index contributed by atoms with van der Waals surface area (Å²) in [4.78, 5) is 13.4. The summed E-state index contributed by atoms with van der Waals surface area (Å²) in [6, 6.07) is 7.01. The predicted octanol–water partition coefficient (Wildman–Crippen LogP) is 2.57. The van der Waals surface area contributed by atoms with Crippen molar-refractivity contribution in [1.29, 1.82) is 0 Å². The third kappa shape index (κ3) is 3.92. The van der Waals surface area contributed by atoms with E-state index in [0.29, 0.717) is 42.7 Å². The van der Waals surface area contributed by atoms with Gasteiger partial charge in [-0.1, -0.05) is 5.10 Å². The fourth-order valence-corrected chi connectivity index (χ4v) is 3.45. The highest BCUT2D eigenvalue weighted by atomic mass is 19.1. The average Bonchev–Trinajstić information content (AvgIpc) is 3.14. The molecule has 0 bridgehead atoms. The van der Waals surface area contributed by atoms with Crippen LogP contribution in [0.2, 0.25) is 0 Å². The Kier molecular flexibility index (Phi) is 4.89. The summed E-state index contributed by atoms with van der Waals surface area (Å²) < 4.78 is 33.6. The van der Waals surface area contributed by atoms with Crippen molar-refractivity contribution in [3.63, 3.8) is 0 Å². The zero-order valence-electron chi connectivity index (χ0n) is 15.3. The molecule has 9 heteroatoms. The average molecular weight is 387 g/mol. The molecule has 1 aliphatic heterocycles. The smallest absolute Gasteiger partial charge is 0.318 e. The number of nitrogens with zero attached hydrogens (tertiary/aromatic N) is 5. The molecule has 3 heterocycles. The van der Waals surface area contributed by atoms with Crippen LogP contribution < -0.4 is 10.5 Å². The zero-order chi connectivity index (χ0) is 19.7. The molecule has 1 fully saturated rings. The van der Waals surface area contributed by atoms with Crippen LogP contribution in [0.1, 0.15) is 18.4 Å². The van der Waals surface area contributed by atoms with Gasteiger partial charge in [-0.25, -0.2) is 13.5 Å². The minimum absolute atomic E-state index is 0.219. The first-order valence-corrected chi connectivity index (χ1v) is 9.06. The first-order chi connectivity index (χ1) is 13.5. The number of hydrogen-bond donors (Lipinski definition) is 0. The van der Waals surface area contributed by atoms with Gasteiger partial charge in [0.15, 0.2) is 0 Å². The molecule has 1 aliphatic rings. The van der Waals surface area contributed by atoms with Gasteiger partial charge >= 0.3 is 6.01 Å². The summed E-state index contributed by atoms with van der Waals surface area (Å²) in [5.74, 6) is -0.496. The molecule has 2 aromatic heterocycles. The predicted molar refractivity (Wildman–Crippen MR) is 97.8 cm³/mol. The molecule has 1 aromatic carbocycles. The Morgan fingerprint density at radius 2 is 1.82 bits per heavy atom. The van der Waals surface area contributed by atoms with E-state index in [1.54, 1.807) is 13.1 Å². The summed E-state index contributed by atoms with van der Waals surface area (Å²) >= 11 is 0. The van der Waals surface area contributed by atoms with Gasteiger partial charge in [0, 0.05) is 32.3 Å². The normalized spacial score (nSPS) is 15.2. The van der Waals surface area contributed by atoms with Crippen molar-refractivity contribution in [3.8, 4) is 11.6 Å². The Morgan fingerprint density at radius 3 is 2.50 bits per heavy atom. The van der Waals surface area contributed by atoms with E-state index in [0.717, 1.165) is 18.9 Å². The molecule has 1 saturated heterocycles. The maximum Gasteiger partial charge on any atom is 0.318 e. The summed E-state index contributed by atoms with van der Waals surface area (Å²) in [6.07, 6.45) is 2.35. The molecule has 0 spiro atoms. The first-order valence-electron chi connectivity index (χ1n) is 9.06. The number of anilines is 1. The molecule has 146 valence electrons. The van der Waals surface area contributed by atoms with Crippen LogP contribution in [0, 0.1) is 17.6 Å². The fraction of sp³-hybridized carbons (Fsp3) is 0.368. The van der Waals surface area contributed by atoms with Crippen LogP contribution in [0.25, 0.3) is 11.6 Å². The SMILES string of the molecule is Cn1nc(-c2nnc(N3CCC(Cc4cc(F)cc(F)c4)CC3)o2)ccc1=O. The van der Waals surface area contributed by atoms with Crippen LogP contribution in [-0.2, 0) is 13.5 Å². The van der Waals surface area contributed by atoms with Gasteiger partial charge in [0.05, 0.1) is 0 Å².